The second kappa shape index (κ2) is 7.36. The Hall–Kier alpha value is -2.23. The van der Waals surface area contributed by atoms with E-state index in [1.165, 1.54) is 12.1 Å². The average Bonchev–Trinajstić information content (AvgIpc) is 2.57. The van der Waals surface area contributed by atoms with Gasteiger partial charge in [0.15, 0.2) is 0 Å². The minimum absolute atomic E-state index is 0.204. The van der Waals surface area contributed by atoms with Gasteiger partial charge in [0.2, 0.25) is 0 Å². The number of hydrogen-bond donors (Lipinski definition) is 0. The van der Waals surface area contributed by atoms with Crippen molar-refractivity contribution >= 4 is 11.5 Å². The molecule has 1 aliphatic rings. The first kappa shape index (κ1) is 15.7. The maximum atomic E-state index is 13.0. The SMILES string of the molecule is O=C(Cc1cccnc1)CC1CCN(c2ccc(F)cc2)CC1. The minimum atomic E-state index is -0.204. The van der Waals surface area contributed by atoms with Crippen LogP contribution in [0.1, 0.15) is 24.8 Å². The van der Waals surface area contributed by atoms with Crippen molar-refractivity contribution < 1.29 is 9.18 Å². The van der Waals surface area contributed by atoms with E-state index >= 15 is 0 Å². The lowest BCUT2D eigenvalue weighted by atomic mass is 9.90. The predicted octanol–water partition coefficient (Wildman–Crippen LogP) is 3.64. The molecule has 1 aromatic heterocycles. The molecule has 0 N–H and O–H groups in total. The fraction of sp³-hybridized carbons (Fsp3) is 0.368. The van der Waals surface area contributed by atoms with Crippen molar-refractivity contribution in [2.75, 3.05) is 18.0 Å². The number of piperidine rings is 1. The minimum Gasteiger partial charge on any atom is -0.372 e. The second-order valence-electron chi connectivity index (χ2n) is 6.19. The van der Waals surface area contributed by atoms with Gasteiger partial charge in [-0.15, -0.1) is 0 Å². The molecule has 23 heavy (non-hydrogen) atoms. The number of pyridine rings is 1. The van der Waals surface area contributed by atoms with Crippen LogP contribution >= 0.6 is 0 Å². The summed E-state index contributed by atoms with van der Waals surface area (Å²) in [6.45, 7) is 1.85. The van der Waals surface area contributed by atoms with Crippen molar-refractivity contribution in [3.63, 3.8) is 0 Å². The number of Topliss-reactive ketones (excluding diaryl/α,β-unsaturated/α-hetero) is 1. The smallest absolute Gasteiger partial charge is 0.137 e. The molecular formula is C19H21FN2O. The van der Waals surface area contributed by atoms with Crippen molar-refractivity contribution in [2.45, 2.75) is 25.7 Å². The Morgan fingerprint density at radius 2 is 1.91 bits per heavy atom. The van der Waals surface area contributed by atoms with E-state index in [-0.39, 0.29) is 5.82 Å². The molecule has 3 rings (SSSR count). The molecule has 3 nitrogen and oxygen atoms in total. The summed E-state index contributed by atoms with van der Waals surface area (Å²) >= 11 is 0. The van der Waals surface area contributed by atoms with Gasteiger partial charge in [-0.25, -0.2) is 4.39 Å². The molecule has 0 saturated carbocycles. The Morgan fingerprint density at radius 3 is 2.57 bits per heavy atom. The summed E-state index contributed by atoms with van der Waals surface area (Å²) in [6, 6.07) is 10.5. The van der Waals surface area contributed by atoms with Crippen LogP contribution in [0.4, 0.5) is 10.1 Å². The molecule has 4 heteroatoms. The van der Waals surface area contributed by atoms with Crippen molar-refractivity contribution in [1.82, 2.24) is 4.98 Å². The van der Waals surface area contributed by atoms with Gasteiger partial charge in [-0.3, -0.25) is 9.78 Å². The van der Waals surface area contributed by atoms with E-state index in [1.807, 2.05) is 24.3 Å². The molecule has 2 heterocycles. The molecule has 1 fully saturated rings. The Morgan fingerprint density at radius 1 is 1.17 bits per heavy atom. The van der Waals surface area contributed by atoms with Crippen molar-refractivity contribution in [3.8, 4) is 0 Å². The van der Waals surface area contributed by atoms with Crippen LogP contribution in [-0.2, 0) is 11.2 Å². The lowest BCUT2D eigenvalue weighted by Crippen LogP contribution is -2.34. The molecule has 0 radical (unpaired) electrons. The van der Waals surface area contributed by atoms with E-state index < -0.39 is 0 Å². The van der Waals surface area contributed by atoms with Gasteiger partial charge in [0.25, 0.3) is 0 Å². The van der Waals surface area contributed by atoms with Crippen LogP contribution in [0.5, 0.6) is 0 Å². The van der Waals surface area contributed by atoms with Crippen molar-refractivity contribution in [3.05, 3.63) is 60.2 Å². The lowest BCUT2D eigenvalue weighted by molar-refractivity contribution is -0.119. The molecule has 2 aromatic rings. The van der Waals surface area contributed by atoms with E-state index in [9.17, 15) is 9.18 Å². The molecule has 0 spiro atoms. The van der Waals surface area contributed by atoms with Gasteiger partial charge in [0.1, 0.15) is 11.6 Å². The zero-order valence-electron chi connectivity index (χ0n) is 13.1. The largest absolute Gasteiger partial charge is 0.372 e. The van der Waals surface area contributed by atoms with Gasteiger partial charge in [0, 0.05) is 44.0 Å². The van der Waals surface area contributed by atoms with Gasteiger partial charge in [0.05, 0.1) is 0 Å². The predicted molar refractivity (Wildman–Crippen MR) is 88.9 cm³/mol. The number of carbonyl (C=O) groups is 1. The number of halogens is 1. The fourth-order valence-corrected chi connectivity index (χ4v) is 3.17. The summed E-state index contributed by atoms with van der Waals surface area (Å²) in [6.07, 6.45) is 6.62. The third kappa shape index (κ3) is 4.38. The van der Waals surface area contributed by atoms with E-state index in [2.05, 4.69) is 9.88 Å². The highest BCUT2D eigenvalue weighted by Crippen LogP contribution is 2.25. The number of nitrogens with zero attached hydrogens (tertiary/aromatic N) is 2. The van der Waals surface area contributed by atoms with E-state index in [4.69, 9.17) is 0 Å². The third-order valence-corrected chi connectivity index (χ3v) is 4.45. The van der Waals surface area contributed by atoms with Crippen LogP contribution in [0.3, 0.4) is 0 Å². The van der Waals surface area contributed by atoms with Gasteiger partial charge in [-0.2, -0.15) is 0 Å². The van der Waals surface area contributed by atoms with E-state index in [0.29, 0.717) is 24.5 Å². The lowest BCUT2D eigenvalue weighted by Gasteiger charge is -2.33. The Kier molecular flexibility index (Phi) is 5.01. The quantitative estimate of drug-likeness (QED) is 0.845. The zero-order valence-corrected chi connectivity index (χ0v) is 13.1. The third-order valence-electron chi connectivity index (χ3n) is 4.45. The average molecular weight is 312 g/mol. The van der Waals surface area contributed by atoms with Gasteiger partial charge < -0.3 is 4.90 Å². The van der Waals surface area contributed by atoms with Crippen LogP contribution in [0.25, 0.3) is 0 Å². The summed E-state index contributed by atoms with van der Waals surface area (Å²) in [4.78, 5) is 18.5. The van der Waals surface area contributed by atoms with Gasteiger partial charge in [-0.1, -0.05) is 6.07 Å². The number of anilines is 1. The van der Waals surface area contributed by atoms with Crippen LogP contribution < -0.4 is 4.90 Å². The highest BCUT2D eigenvalue weighted by molar-refractivity contribution is 5.81. The molecule has 0 amide bonds. The molecular weight excluding hydrogens is 291 g/mol. The first-order valence-electron chi connectivity index (χ1n) is 8.12. The van der Waals surface area contributed by atoms with E-state index in [0.717, 1.165) is 37.2 Å². The molecule has 0 aliphatic carbocycles. The molecule has 0 bridgehead atoms. The summed E-state index contributed by atoms with van der Waals surface area (Å²) < 4.78 is 13.0. The van der Waals surface area contributed by atoms with Crippen molar-refractivity contribution in [2.24, 2.45) is 5.92 Å². The number of aromatic nitrogens is 1. The van der Waals surface area contributed by atoms with Crippen LogP contribution in [0.15, 0.2) is 48.8 Å². The number of benzene rings is 1. The Bertz CT molecular complexity index is 634. The first-order valence-corrected chi connectivity index (χ1v) is 8.12. The highest BCUT2D eigenvalue weighted by atomic mass is 19.1. The topological polar surface area (TPSA) is 33.2 Å². The monoisotopic (exact) mass is 312 g/mol. The molecule has 1 saturated heterocycles. The maximum absolute atomic E-state index is 13.0. The molecule has 120 valence electrons. The van der Waals surface area contributed by atoms with E-state index in [1.54, 1.807) is 12.4 Å². The Balaban J connectivity index is 1.47. The van der Waals surface area contributed by atoms with Crippen molar-refractivity contribution in [1.29, 1.82) is 0 Å². The van der Waals surface area contributed by atoms with Crippen LogP contribution in [-0.4, -0.2) is 23.9 Å². The van der Waals surface area contributed by atoms with Gasteiger partial charge >= 0.3 is 0 Å². The number of rotatable bonds is 5. The molecule has 1 aromatic carbocycles. The first-order chi connectivity index (χ1) is 11.2. The second-order valence-corrected chi connectivity index (χ2v) is 6.19. The normalized spacial score (nSPS) is 15.6. The summed E-state index contributed by atoms with van der Waals surface area (Å²) in [5.41, 5.74) is 2.05. The summed E-state index contributed by atoms with van der Waals surface area (Å²) in [5.74, 6) is 0.540. The van der Waals surface area contributed by atoms with Crippen LogP contribution in [0.2, 0.25) is 0 Å². The number of carbonyl (C=O) groups excluding carboxylic acids is 1. The Labute approximate surface area is 136 Å². The molecule has 1 aliphatic heterocycles. The van der Waals surface area contributed by atoms with Crippen LogP contribution in [0, 0.1) is 11.7 Å². The summed E-state index contributed by atoms with van der Waals surface area (Å²) in [5, 5.41) is 0. The zero-order chi connectivity index (χ0) is 16.1. The molecule has 0 unspecified atom stereocenters. The number of ketones is 1. The molecule has 0 atom stereocenters. The number of hydrogen-bond acceptors (Lipinski definition) is 3. The standard InChI is InChI=1S/C19H21FN2O/c20-17-3-5-18(6-4-17)22-10-7-15(8-11-22)12-19(23)13-16-2-1-9-21-14-16/h1-6,9,14-15H,7-8,10-13H2. The maximum Gasteiger partial charge on any atom is 0.137 e. The summed E-state index contributed by atoms with van der Waals surface area (Å²) in [7, 11) is 0. The highest BCUT2D eigenvalue weighted by Gasteiger charge is 2.21. The van der Waals surface area contributed by atoms with Gasteiger partial charge in [-0.05, 0) is 54.7 Å². The fourth-order valence-electron chi connectivity index (χ4n) is 3.17.